The Hall–Kier alpha value is -0.770. The van der Waals surface area contributed by atoms with E-state index in [1.54, 1.807) is 0 Å². The van der Waals surface area contributed by atoms with Gasteiger partial charge in [-0.1, -0.05) is 0 Å². The monoisotopic (exact) mass is 201 g/mol. The molecule has 1 unspecified atom stereocenters. The second-order valence-corrected chi connectivity index (χ2v) is 4.61. The van der Waals surface area contributed by atoms with E-state index < -0.39 is 0 Å². The molecule has 0 radical (unpaired) electrons. The molecule has 0 saturated carbocycles. The minimum Gasteiger partial charge on any atom is -0.447 e. The van der Waals surface area contributed by atoms with Gasteiger partial charge in [0.2, 0.25) is 0 Å². The third kappa shape index (κ3) is 4.46. The number of carbonyl (C=O) groups excluding carboxylic acids is 1. The third-order valence-corrected chi connectivity index (χ3v) is 1.90. The highest BCUT2D eigenvalue weighted by Gasteiger charge is 2.19. The van der Waals surface area contributed by atoms with Crippen molar-refractivity contribution in [1.29, 1.82) is 0 Å². The van der Waals surface area contributed by atoms with Crippen molar-refractivity contribution in [2.75, 3.05) is 13.2 Å². The van der Waals surface area contributed by atoms with Gasteiger partial charge in [0.25, 0.3) is 0 Å². The molecule has 1 fully saturated rings. The quantitative estimate of drug-likeness (QED) is 0.739. The summed E-state index contributed by atoms with van der Waals surface area (Å²) < 4.78 is 10.4. The summed E-state index contributed by atoms with van der Waals surface area (Å²) in [7, 11) is 0. The molecule has 1 rings (SSSR count). The number of rotatable bonds is 2. The Labute approximate surface area is 85.0 Å². The Morgan fingerprint density at radius 2 is 2.29 bits per heavy atom. The fraction of sp³-hybridized carbons (Fsp3) is 0.900. The molecule has 4 heteroatoms. The summed E-state index contributed by atoms with van der Waals surface area (Å²) in [6.07, 6.45) is 1.78. The Balaban J connectivity index is 2.14. The normalized spacial score (nSPS) is 22.1. The van der Waals surface area contributed by atoms with Gasteiger partial charge in [0.05, 0.1) is 6.10 Å². The molecule has 1 amide bonds. The van der Waals surface area contributed by atoms with Gasteiger partial charge in [-0.15, -0.1) is 0 Å². The summed E-state index contributed by atoms with van der Waals surface area (Å²) in [5, 5.41) is 2.73. The minimum atomic E-state index is -0.368. The van der Waals surface area contributed by atoms with Crippen molar-refractivity contribution < 1.29 is 14.3 Å². The molecule has 0 aromatic heterocycles. The molecule has 14 heavy (non-hydrogen) atoms. The molecule has 1 atom stereocenters. The zero-order chi connectivity index (χ0) is 10.6. The lowest BCUT2D eigenvalue weighted by Crippen LogP contribution is -2.41. The molecule has 82 valence electrons. The molecule has 0 bridgehead atoms. The van der Waals surface area contributed by atoms with Crippen LogP contribution in [0.1, 0.15) is 33.6 Å². The van der Waals surface area contributed by atoms with Crippen LogP contribution in [0, 0.1) is 0 Å². The molecule has 0 spiro atoms. The summed E-state index contributed by atoms with van der Waals surface area (Å²) in [6.45, 7) is 6.90. The van der Waals surface area contributed by atoms with Crippen molar-refractivity contribution in [2.45, 2.75) is 45.3 Å². The van der Waals surface area contributed by atoms with Gasteiger partial charge in [0, 0.05) is 12.1 Å². The molecule has 1 aliphatic heterocycles. The molecule has 0 aromatic rings. The minimum absolute atomic E-state index is 0.0979. The van der Waals surface area contributed by atoms with Gasteiger partial charge in [-0.05, 0) is 33.6 Å². The number of hydrogen-bond donors (Lipinski definition) is 1. The van der Waals surface area contributed by atoms with E-state index in [1.165, 1.54) is 0 Å². The predicted molar refractivity (Wildman–Crippen MR) is 53.2 cm³/mol. The lowest BCUT2D eigenvalue weighted by Gasteiger charge is -2.20. The van der Waals surface area contributed by atoms with Crippen LogP contribution >= 0.6 is 0 Å². The molecule has 1 aliphatic rings. The first-order valence-corrected chi connectivity index (χ1v) is 5.04. The highest BCUT2D eigenvalue weighted by molar-refractivity contribution is 5.68. The van der Waals surface area contributed by atoms with Crippen LogP contribution in [0.15, 0.2) is 0 Å². The van der Waals surface area contributed by atoms with Crippen molar-refractivity contribution in [1.82, 2.24) is 5.32 Å². The van der Waals surface area contributed by atoms with E-state index >= 15 is 0 Å². The standard InChI is InChI=1S/C10H19NO3/c1-10(2,3)11-9(12)14-7-8-5-4-6-13-8/h8H,4-7H2,1-3H3,(H,11,12). The summed E-state index contributed by atoms with van der Waals surface area (Å²) in [4.78, 5) is 11.2. The van der Waals surface area contributed by atoms with Crippen LogP contribution in [0.25, 0.3) is 0 Å². The molecule has 1 N–H and O–H groups in total. The van der Waals surface area contributed by atoms with Crippen molar-refractivity contribution in [3.8, 4) is 0 Å². The summed E-state index contributed by atoms with van der Waals surface area (Å²) in [6, 6.07) is 0. The average Bonchev–Trinajstić information content (AvgIpc) is 2.49. The van der Waals surface area contributed by atoms with Crippen LogP contribution in [0.4, 0.5) is 4.79 Å². The van der Waals surface area contributed by atoms with Crippen LogP contribution in [0.5, 0.6) is 0 Å². The fourth-order valence-electron chi connectivity index (χ4n) is 1.29. The zero-order valence-corrected chi connectivity index (χ0v) is 9.13. The topological polar surface area (TPSA) is 47.6 Å². The van der Waals surface area contributed by atoms with Crippen LogP contribution < -0.4 is 5.32 Å². The fourth-order valence-corrected chi connectivity index (χ4v) is 1.29. The summed E-state index contributed by atoms with van der Waals surface area (Å²) in [5.41, 5.74) is -0.242. The van der Waals surface area contributed by atoms with Crippen molar-refractivity contribution in [3.05, 3.63) is 0 Å². The second-order valence-electron chi connectivity index (χ2n) is 4.61. The molecular weight excluding hydrogens is 182 g/mol. The SMILES string of the molecule is CC(C)(C)NC(=O)OCC1CCCO1. The van der Waals surface area contributed by atoms with Crippen molar-refractivity contribution in [3.63, 3.8) is 0 Å². The average molecular weight is 201 g/mol. The number of alkyl carbamates (subject to hydrolysis) is 1. The first-order valence-electron chi connectivity index (χ1n) is 5.04. The Morgan fingerprint density at radius 1 is 1.57 bits per heavy atom. The number of ether oxygens (including phenoxy) is 2. The first kappa shape index (κ1) is 11.3. The number of carbonyl (C=O) groups is 1. The molecule has 0 aromatic carbocycles. The maximum Gasteiger partial charge on any atom is 0.407 e. The van der Waals surface area contributed by atoms with Gasteiger partial charge in [-0.3, -0.25) is 0 Å². The van der Waals surface area contributed by atoms with Gasteiger partial charge >= 0.3 is 6.09 Å². The van der Waals surface area contributed by atoms with E-state index in [2.05, 4.69) is 5.32 Å². The molecule has 4 nitrogen and oxygen atoms in total. The van der Waals surface area contributed by atoms with E-state index in [0.29, 0.717) is 6.61 Å². The Kier molecular flexibility index (Phi) is 3.75. The molecule has 0 aliphatic carbocycles. The van der Waals surface area contributed by atoms with Crippen LogP contribution in [-0.4, -0.2) is 30.9 Å². The zero-order valence-electron chi connectivity index (χ0n) is 9.13. The predicted octanol–water partition coefficient (Wildman–Crippen LogP) is 1.69. The highest BCUT2D eigenvalue weighted by Crippen LogP contribution is 2.12. The van der Waals surface area contributed by atoms with E-state index in [0.717, 1.165) is 19.4 Å². The second kappa shape index (κ2) is 4.64. The highest BCUT2D eigenvalue weighted by atomic mass is 16.6. The van der Waals surface area contributed by atoms with Gasteiger partial charge in [0.15, 0.2) is 0 Å². The van der Waals surface area contributed by atoms with E-state index in [-0.39, 0.29) is 17.7 Å². The van der Waals surface area contributed by atoms with E-state index in [9.17, 15) is 4.79 Å². The number of hydrogen-bond acceptors (Lipinski definition) is 3. The lowest BCUT2D eigenvalue weighted by molar-refractivity contribution is 0.0418. The van der Waals surface area contributed by atoms with E-state index in [1.807, 2.05) is 20.8 Å². The first-order chi connectivity index (χ1) is 6.47. The Morgan fingerprint density at radius 3 is 2.79 bits per heavy atom. The maximum absolute atomic E-state index is 11.2. The lowest BCUT2D eigenvalue weighted by atomic mass is 10.1. The largest absolute Gasteiger partial charge is 0.447 e. The molecule has 1 heterocycles. The van der Waals surface area contributed by atoms with Gasteiger partial charge in [0.1, 0.15) is 6.61 Å². The van der Waals surface area contributed by atoms with Crippen molar-refractivity contribution in [2.24, 2.45) is 0 Å². The van der Waals surface area contributed by atoms with Crippen molar-refractivity contribution >= 4 is 6.09 Å². The smallest absolute Gasteiger partial charge is 0.407 e. The molecule has 1 saturated heterocycles. The van der Waals surface area contributed by atoms with Gasteiger partial charge < -0.3 is 14.8 Å². The van der Waals surface area contributed by atoms with Gasteiger partial charge in [-0.2, -0.15) is 0 Å². The summed E-state index contributed by atoms with van der Waals surface area (Å²) >= 11 is 0. The maximum atomic E-state index is 11.2. The third-order valence-electron chi connectivity index (χ3n) is 1.90. The van der Waals surface area contributed by atoms with E-state index in [4.69, 9.17) is 9.47 Å². The van der Waals surface area contributed by atoms with Crippen LogP contribution in [0.2, 0.25) is 0 Å². The number of amides is 1. The number of nitrogens with one attached hydrogen (secondary N) is 1. The van der Waals surface area contributed by atoms with Crippen LogP contribution in [-0.2, 0) is 9.47 Å². The Bertz CT molecular complexity index is 192. The molecular formula is C10H19NO3. The van der Waals surface area contributed by atoms with Crippen LogP contribution in [0.3, 0.4) is 0 Å². The summed E-state index contributed by atoms with van der Waals surface area (Å²) in [5.74, 6) is 0. The van der Waals surface area contributed by atoms with Gasteiger partial charge in [-0.25, -0.2) is 4.79 Å².